The van der Waals surface area contributed by atoms with Crippen molar-refractivity contribution in [2.45, 2.75) is 6.54 Å². The second-order valence-electron chi connectivity index (χ2n) is 4.41. The number of carbonyl (C=O) groups is 1. The van der Waals surface area contributed by atoms with Crippen LogP contribution in [0.25, 0.3) is 0 Å². The van der Waals surface area contributed by atoms with Gasteiger partial charge in [-0.2, -0.15) is 11.3 Å². The number of benzene rings is 1. The van der Waals surface area contributed by atoms with Crippen LogP contribution in [-0.2, 0) is 6.54 Å². The molecular weight excluding hydrogens is 288 g/mol. The molecule has 0 atom stereocenters. The molecule has 0 aliphatic rings. The fourth-order valence-corrected chi connectivity index (χ4v) is 2.58. The summed E-state index contributed by atoms with van der Waals surface area (Å²) in [5.41, 5.74) is 1.65. The summed E-state index contributed by atoms with van der Waals surface area (Å²) in [7, 11) is 1.56. The molecule has 0 fully saturated rings. The molecule has 0 spiro atoms. The molecule has 2 N–H and O–H groups in total. The van der Waals surface area contributed by atoms with Crippen molar-refractivity contribution in [2.24, 2.45) is 0 Å². The van der Waals surface area contributed by atoms with Crippen LogP contribution in [0.2, 0.25) is 0 Å². The van der Waals surface area contributed by atoms with Gasteiger partial charge in [-0.05, 0) is 34.5 Å². The number of nitrogens with one attached hydrogen (secondary N) is 1. The summed E-state index contributed by atoms with van der Waals surface area (Å²) >= 11 is 1.58. The molecular formula is C15H18N2O3S. The summed E-state index contributed by atoms with van der Waals surface area (Å²) in [4.78, 5) is 13.9. The molecule has 21 heavy (non-hydrogen) atoms. The van der Waals surface area contributed by atoms with Gasteiger partial charge in [-0.15, -0.1) is 0 Å². The van der Waals surface area contributed by atoms with Crippen LogP contribution < -0.4 is 10.1 Å². The highest BCUT2D eigenvalue weighted by molar-refractivity contribution is 7.07. The topological polar surface area (TPSA) is 61.8 Å². The minimum absolute atomic E-state index is 0.0799. The fourth-order valence-electron chi connectivity index (χ4n) is 1.92. The third-order valence-electron chi connectivity index (χ3n) is 2.96. The molecule has 2 rings (SSSR count). The number of carbonyl (C=O) groups excluding carboxylic acids is 1. The summed E-state index contributed by atoms with van der Waals surface area (Å²) in [6.07, 6.45) is 0. The maximum absolute atomic E-state index is 12.3. The number of aliphatic hydroxyl groups is 1. The Hall–Kier alpha value is -2.05. The van der Waals surface area contributed by atoms with E-state index < -0.39 is 0 Å². The lowest BCUT2D eigenvalue weighted by Crippen LogP contribution is -2.36. The molecule has 1 heterocycles. The summed E-state index contributed by atoms with van der Waals surface area (Å²) in [6, 6.07) is 8.92. The van der Waals surface area contributed by atoms with Crippen LogP contribution in [0.5, 0.6) is 5.75 Å². The lowest BCUT2D eigenvalue weighted by atomic mass is 10.3. The number of hydrogen-bond acceptors (Lipinski definition) is 4. The highest BCUT2D eigenvalue weighted by atomic mass is 32.1. The van der Waals surface area contributed by atoms with Gasteiger partial charge < -0.3 is 20.1 Å². The first kappa shape index (κ1) is 15.3. The standard InChI is InChI=1S/C15H18N2O3S/c1-20-14-5-3-2-4-13(14)16-15(19)17(7-8-18)10-12-6-9-21-11-12/h2-6,9,11,18H,7-8,10H2,1H3,(H,16,19). The monoisotopic (exact) mass is 306 g/mol. The fraction of sp³-hybridized carbons (Fsp3) is 0.267. The van der Waals surface area contributed by atoms with Crippen molar-refractivity contribution in [1.29, 1.82) is 0 Å². The van der Waals surface area contributed by atoms with Gasteiger partial charge in [-0.1, -0.05) is 12.1 Å². The van der Waals surface area contributed by atoms with E-state index in [9.17, 15) is 4.79 Å². The number of methoxy groups -OCH3 is 1. The second-order valence-corrected chi connectivity index (χ2v) is 5.19. The van der Waals surface area contributed by atoms with Crippen molar-refractivity contribution in [1.82, 2.24) is 4.90 Å². The Labute approximate surface area is 127 Å². The quantitative estimate of drug-likeness (QED) is 0.862. The maximum atomic E-state index is 12.3. The number of nitrogens with zero attached hydrogens (tertiary/aromatic N) is 1. The Morgan fingerprint density at radius 3 is 2.86 bits per heavy atom. The van der Waals surface area contributed by atoms with E-state index in [-0.39, 0.29) is 19.2 Å². The minimum atomic E-state index is -0.264. The highest BCUT2D eigenvalue weighted by Gasteiger charge is 2.15. The first-order chi connectivity index (χ1) is 10.2. The Morgan fingerprint density at radius 2 is 2.19 bits per heavy atom. The van der Waals surface area contributed by atoms with Crippen LogP contribution in [0.3, 0.4) is 0 Å². The van der Waals surface area contributed by atoms with Crippen LogP contribution in [-0.4, -0.2) is 36.3 Å². The molecule has 0 saturated carbocycles. The van der Waals surface area contributed by atoms with Gasteiger partial charge in [0.1, 0.15) is 5.75 Å². The van der Waals surface area contributed by atoms with Crippen LogP contribution >= 0.6 is 11.3 Å². The van der Waals surface area contributed by atoms with Gasteiger partial charge in [0.2, 0.25) is 0 Å². The van der Waals surface area contributed by atoms with Crippen molar-refractivity contribution in [2.75, 3.05) is 25.6 Å². The third-order valence-corrected chi connectivity index (χ3v) is 3.69. The number of ether oxygens (including phenoxy) is 1. The molecule has 2 aromatic rings. The molecule has 0 saturated heterocycles. The maximum Gasteiger partial charge on any atom is 0.322 e. The zero-order valence-corrected chi connectivity index (χ0v) is 12.6. The molecule has 0 radical (unpaired) electrons. The van der Waals surface area contributed by atoms with Crippen molar-refractivity contribution in [3.05, 3.63) is 46.7 Å². The molecule has 0 bridgehead atoms. The van der Waals surface area contributed by atoms with Gasteiger partial charge in [0.05, 0.1) is 19.4 Å². The van der Waals surface area contributed by atoms with Gasteiger partial charge in [0.25, 0.3) is 0 Å². The van der Waals surface area contributed by atoms with Gasteiger partial charge in [-0.25, -0.2) is 4.79 Å². The van der Waals surface area contributed by atoms with Gasteiger partial charge in [0, 0.05) is 13.1 Å². The number of aliphatic hydroxyl groups excluding tert-OH is 1. The van der Waals surface area contributed by atoms with Gasteiger partial charge >= 0.3 is 6.03 Å². The van der Waals surface area contributed by atoms with Crippen LogP contribution in [0, 0.1) is 0 Å². The smallest absolute Gasteiger partial charge is 0.322 e. The normalized spacial score (nSPS) is 10.2. The third kappa shape index (κ3) is 4.21. The zero-order chi connectivity index (χ0) is 15.1. The van der Waals surface area contributed by atoms with E-state index in [1.807, 2.05) is 29.0 Å². The number of para-hydroxylation sites is 2. The predicted molar refractivity (Wildman–Crippen MR) is 83.8 cm³/mol. The number of urea groups is 1. The second kappa shape index (κ2) is 7.66. The van der Waals surface area contributed by atoms with E-state index in [2.05, 4.69) is 5.32 Å². The number of thiophene rings is 1. The van der Waals surface area contributed by atoms with Crippen molar-refractivity contribution in [3.8, 4) is 5.75 Å². The predicted octanol–water partition coefficient (Wildman–Crippen LogP) is 2.78. The Morgan fingerprint density at radius 1 is 1.38 bits per heavy atom. The molecule has 5 nitrogen and oxygen atoms in total. The zero-order valence-electron chi connectivity index (χ0n) is 11.8. The number of anilines is 1. The van der Waals surface area contributed by atoms with Gasteiger partial charge in [0.15, 0.2) is 0 Å². The summed E-state index contributed by atoms with van der Waals surface area (Å²) in [5.74, 6) is 0.602. The molecule has 0 aliphatic carbocycles. The molecule has 6 heteroatoms. The first-order valence-electron chi connectivity index (χ1n) is 6.55. The average Bonchev–Trinajstić information content (AvgIpc) is 3.00. The van der Waals surface area contributed by atoms with Crippen LogP contribution in [0.15, 0.2) is 41.1 Å². The van der Waals surface area contributed by atoms with E-state index in [1.54, 1.807) is 35.5 Å². The Balaban J connectivity index is 2.07. The van der Waals surface area contributed by atoms with Crippen LogP contribution in [0.1, 0.15) is 5.56 Å². The first-order valence-corrected chi connectivity index (χ1v) is 7.49. The van der Waals surface area contributed by atoms with E-state index in [4.69, 9.17) is 9.84 Å². The molecule has 112 valence electrons. The Kier molecular flexibility index (Phi) is 5.59. The summed E-state index contributed by atoms with van der Waals surface area (Å²) in [6.45, 7) is 0.658. The summed E-state index contributed by atoms with van der Waals surface area (Å²) in [5, 5.41) is 15.9. The lowest BCUT2D eigenvalue weighted by Gasteiger charge is -2.22. The van der Waals surface area contributed by atoms with E-state index >= 15 is 0 Å². The number of hydrogen-bond donors (Lipinski definition) is 2. The number of rotatable bonds is 6. The largest absolute Gasteiger partial charge is 0.495 e. The molecule has 1 aromatic heterocycles. The van der Waals surface area contributed by atoms with E-state index in [1.165, 1.54) is 0 Å². The highest BCUT2D eigenvalue weighted by Crippen LogP contribution is 2.23. The molecule has 2 amide bonds. The SMILES string of the molecule is COc1ccccc1NC(=O)N(CCO)Cc1ccsc1. The minimum Gasteiger partial charge on any atom is -0.495 e. The Bertz CT molecular complexity index is 572. The molecule has 1 aromatic carbocycles. The van der Waals surface area contributed by atoms with Crippen molar-refractivity contribution in [3.63, 3.8) is 0 Å². The average molecular weight is 306 g/mol. The van der Waals surface area contributed by atoms with Crippen molar-refractivity contribution >= 4 is 23.1 Å². The molecule has 0 aliphatic heterocycles. The van der Waals surface area contributed by atoms with Crippen LogP contribution in [0.4, 0.5) is 10.5 Å². The summed E-state index contributed by atoms with van der Waals surface area (Å²) < 4.78 is 5.21. The molecule has 0 unspecified atom stereocenters. The lowest BCUT2D eigenvalue weighted by molar-refractivity contribution is 0.185. The van der Waals surface area contributed by atoms with E-state index in [0.29, 0.717) is 18.0 Å². The van der Waals surface area contributed by atoms with Crippen molar-refractivity contribution < 1.29 is 14.6 Å². The van der Waals surface area contributed by atoms with Gasteiger partial charge in [-0.3, -0.25) is 0 Å². The van der Waals surface area contributed by atoms with E-state index in [0.717, 1.165) is 5.56 Å². The number of amides is 2.